The Morgan fingerprint density at radius 2 is 1.39 bits per heavy atom. The van der Waals surface area contributed by atoms with Gasteiger partial charge in [-0.25, -0.2) is 19.3 Å². The van der Waals surface area contributed by atoms with E-state index in [1.54, 1.807) is 55.9 Å². The zero-order valence-electron chi connectivity index (χ0n) is 40.0. The molecule has 74 heavy (non-hydrogen) atoms. The predicted molar refractivity (Wildman–Crippen MR) is 281 cm³/mol. The fraction of sp³-hybridized carbons (Fsp3) is 0.192. The quantitative estimate of drug-likeness (QED) is 0.0858. The first kappa shape index (κ1) is 54.3. The Labute approximate surface area is 439 Å². The van der Waals surface area contributed by atoms with Crippen LogP contribution >= 0.6 is 46.1 Å². The Bertz CT molecular complexity index is 3670. The summed E-state index contributed by atoms with van der Waals surface area (Å²) in [6, 6.07) is 21.0. The van der Waals surface area contributed by atoms with Gasteiger partial charge in [-0.05, 0) is 69.3 Å². The van der Waals surface area contributed by atoms with Crippen molar-refractivity contribution < 1.29 is 31.6 Å². The standard InChI is InChI=1S/C26H20ClF4N5O2.C24H18Cl2N4O3S.C2H6/c1-15-10-21(34-12-16(28)11-32)17-4-2-6-23(24(17)35-15)38-14-18-20(27)7-8-33-22(18)13-36-9-3-5-19(25(36)37)26(29,30)31;1-13-8-16(23-24(26)34-12-28-23)15-4-3-5-20(22(15)29-13)32-11-17-18(25)6-7-27-19(17)10-30-21(31)9-14(2)33-30;1-2/h2-12H,13-14,32H2,1H3;3-9,12H,10-11H2,1-2H3;1-2H3/b16-11+,34-12?;;. The minimum atomic E-state index is -4.79. The average Bonchev–Trinajstić information content (AvgIpc) is 3.95. The molecule has 0 radical (unpaired) electrons. The number of aromatic nitrogens is 7. The van der Waals surface area contributed by atoms with Crippen molar-refractivity contribution >= 4 is 79.8 Å². The summed E-state index contributed by atoms with van der Waals surface area (Å²) in [6.07, 6.45) is 1.21. The monoisotopic (exact) mass is 1090 g/mol. The summed E-state index contributed by atoms with van der Waals surface area (Å²) in [5, 5.41) is 2.21. The van der Waals surface area contributed by atoms with Gasteiger partial charge in [0.05, 0.1) is 45.4 Å². The van der Waals surface area contributed by atoms with E-state index in [9.17, 15) is 27.2 Å². The summed E-state index contributed by atoms with van der Waals surface area (Å²) in [5.41, 5.74) is 10.7. The third-order valence-electron chi connectivity index (χ3n) is 10.8. The smallest absolute Gasteiger partial charge is 0.421 e. The van der Waals surface area contributed by atoms with E-state index in [1.807, 2.05) is 45.0 Å². The van der Waals surface area contributed by atoms with E-state index in [1.165, 1.54) is 40.6 Å². The number of nitrogens with zero attached hydrogens (tertiary/aromatic N) is 8. The predicted octanol–water partition coefficient (Wildman–Crippen LogP) is 13.0. The zero-order valence-corrected chi connectivity index (χ0v) is 43.1. The van der Waals surface area contributed by atoms with Gasteiger partial charge in [0.25, 0.3) is 11.1 Å². The maximum atomic E-state index is 13.5. The van der Waals surface area contributed by atoms with Crippen molar-refractivity contribution in [2.24, 2.45) is 10.7 Å². The second kappa shape index (κ2) is 24.1. The van der Waals surface area contributed by atoms with E-state index < -0.39 is 23.1 Å². The van der Waals surface area contributed by atoms with E-state index in [2.05, 4.69) is 24.9 Å². The molecule has 0 fully saturated rings. The summed E-state index contributed by atoms with van der Waals surface area (Å²) in [6.45, 7) is 9.28. The number of allylic oxidation sites excluding steroid dienone is 1. The Morgan fingerprint density at radius 1 is 0.797 bits per heavy atom. The number of nitrogens with two attached hydrogens (primary N) is 1. The molecule has 382 valence electrons. The molecule has 9 aromatic rings. The van der Waals surface area contributed by atoms with E-state index in [0.717, 1.165) is 51.5 Å². The Kier molecular flexibility index (Phi) is 17.7. The third kappa shape index (κ3) is 12.7. The number of aliphatic imine (C=N–C) groups is 1. The highest BCUT2D eigenvalue weighted by atomic mass is 35.5. The fourth-order valence-electron chi connectivity index (χ4n) is 7.47. The van der Waals surface area contributed by atoms with Crippen molar-refractivity contribution in [3.05, 3.63) is 195 Å². The first-order valence-corrected chi connectivity index (χ1v) is 24.5. The van der Waals surface area contributed by atoms with Gasteiger partial charge >= 0.3 is 6.18 Å². The van der Waals surface area contributed by atoms with Crippen molar-refractivity contribution in [1.29, 1.82) is 0 Å². The highest BCUT2D eigenvalue weighted by Crippen LogP contribution is 2.38. The van der Waals surface area contributed by atoms with Gasteiger partial charge in [-0.15, -0.1) is 11.3 Å². The molecule has 0 aliphatic heterocycles. The number of halogens is 7. The van der Waals surface area contributed by atoms with Gasteiger partial charge in [0.2, 0.25) is 0 Å². The molecule has 0 aliphatic carbocycles. The fourth-order valence-corrected chi connectivity index (χ4v) is 8.70. The molecule has 0 unspecified atom stereocenters. The van der Waals surface area contributed by atoms with Crippen molar-refractivity contribution in [1.82, 2.24) is 34.2 Å². The number of fused-ring (bicyclic) bond motifs is 2. The number of benzene rings is 2. The van der Waals surface area contributed by atoms with Gasteiger partial charge in [0, 0.05) is 69.7 Å². The van der Waals surface area contributed by atoms with Crippen LogP contribution in [0.4, 0.5) is 23.2 Å². The Morgan fingerprint density at radius 3 is 1.96 bits per heavy atom. The van der Waals surface area contributed by atoms with Crippen molar-refractivity contribution in [2.45, 2.75) is 67.1 Å². The minimum absolute atomic E-state index is 0.117. The number of thiazole rings is 1. The summed E-state index contributed by atoms with van der Waals surface area (Å²) in [5.74, 6) is 0.766. The van der Waals surface area contributed by atoms with Crippen molar-refractivity contribution in [3.63, 3.8) is 0 Å². The highest BCUT2D eigenvalue weighted by Gasteiger charge is 2.34. The lowest BCUT2D eigenvalue weighted by Crippen LogP contribution is -2.28. The van der Waals surface area contributed by atoms with Gasteiger partial charge in [-0.2, -0.15) is 17.9 Å². The van der Waals surface area contributed by atoms with Gasteiger partial charge in [-0.3, -0.25) is 24.5 Å². The maximum absolute atomic E-state index is 13.5. The van der Waals surface area contributed by atoms with Gasteiger partial charge < -0.3 is 24.3 Å². The van der Waals surface area contributed by atoms with Crippen LogP contribution in [0.15, 0.2) is 134 Å². The molecule has 0 aliphatic rings. The first-order valence-electron chi connectivity index (χ1n) is 22.4. The van der Waals surface area contributed by atoms with Crippen LogP contribution in [-0.4, -0.2) is 40.4 Å². The molecule has 0 saturated heterocycles. The zero-order chi connectivity index (χ0) is 53.3. The van der Waals surface area contributed by atoms with Crippen LogP contribution in [0.3, 0.4) is 0 Å². The lowest BCUT2D eigenvalue weighted by atomic mass is 10.0. The van der Waals surface area contributed by atoms with Crippen molar-refractivity contribution in [3.8, 4) is 22.8 Å². The molecule has 14 nitrogen and oxygen atoms in total. The van der Waals surface area contributed by atoms with E-state index >= 15 is 0 Å². The van der Waals surface area contributed by atoms with Crippen LogP contribution in [0, 0.1) is 20.8 Å². The molecule has 7 heterocycles. The molecule has 0 bridgehead atoms. The van der Waals surface area contributed by atoms with E-state index in [-0.39, 0.29) is 42.6 Å². The van der Waals surface area contributed by atoms with Crippen LogP contribution in [0.2, 0.25) is 14.4 Å². The second-order valence-electron chi connectivity index (χ2n) is 15.8. The summed E-state index contributed by atoms with van der Waals surface area (Å²) >= 11 is 20.6. The number of para-hydroxylation sites is 2. The lowest BCUT2D eigenvalue weighted by molar-refractivity contribution is -0.138. The summed E-state index contributed by atoms with van der Waals surface area (Å²) in [4.78, 5) is 51.0. The summed E-state index contributed by atoms with van der Waals surface area (Å²) < 4.78 is 73.5. The van der Waals surface area contributed by atoms with Crippen LogP contribution in [0.25, 0.3) is 33.1 Å². The number of hydrogen-bond donors (Lipinski definition) is 1. The highest BCUT2D eigenvalue weighted by molar-refractivity contribution is 7.14. The maximum Gasteiger partial charge on any atom is 0.421 e. The second-order valence-corrected chi connectivity index (χ2v) is 18.0. The number of hydrogen-bond acceptors (Lipinski definition) is 13. The average molecular weight is 1090 g/mol. The molecule has 0 saturated carbocycles. The van der Waals surface area contributed by atoms with Crippen molar-refractivity contribution in [2.75, 3.05) is 0 Å². The molecule has 0 amide bonds. The molecule has 0 spiro atoms. The summed E-state index contributed by atoms with van der Waals surface area (Å²) in [7, 11) is 0. The minimum Gasteiger partial charge on any atom is -0.486 e. The molecule has 9 rings (SSSR count). The number of pyridine rings is 5. The normalized spacial score (nSPS) is 11.6. The first-order chi connectivity index (χ1) is 35.5. The van der Waals surface area contributed by atoms with Gasteiger partial charge in [-0.1, -0.05) is 72.9 Å². The molecular formula is C52H44Cl3F4N9O5S. The van der Waals surface area contributed by atoms with E-state index in [0.29, 0.717) is 71.2 Å². The largest absolute Gasteiger partial charge is 0.486 e. The van der Waals surface area contributed by atoms with Gasteiger partial charge in [0.1, 0.15) is 63.6 Å². The SMILES string of the molecule is CC.Cc1cc(-c2ncsc2Cl)c2cccc(OCc3c(Cl)ccnc3Cn3oc(C)cc3=O)c2n1.Cc1cc(N=C/C(F)=C\N)c2cccc(OCc3c(Cl)ccnc3Cn3cccc(C(F)(F)F)c3=O)c2n1. The number of alkyl halides is 3. The van der Waals surface area contributed by atoms with Gasteiger partial charge in [0.15, 0.2) is 5.83 Å². The van der Waals surface area contributed by atoms with Crippen LogP contribution < -0.4 is 26.3 Å². The molecule has 22 heteroatoms. The Balaban J connectivity index is 0.000000210. The third-order valence-corrected chi connectivity index (χ3v) is 12.6. The lowest BCUT2D eigenvalue weighted by Gasteiger charge is -2.15. The van der Waals surface area contributed by atoms with Crippen LogP contribution in [0.1, 0.15) is 59.1 Å². The number of ether oxygens (including phenoxy) is 2. The molecule has 0 atom stereocenters. The number of aryl methyl sites for hydroxylation is 3. The molecule has 7 aromatic heterocycles. The molecule has 2 N–H and O–H groups in total. The Hall–Kier alpha value is -7.45. The van der Waals surface area contributed by atoms with Crippen LogP contribution in [0.5, 0.6) is 11.5 Å². The van der Waals surface area contributed by atoms with E-state index in [4.69, 9.17) is 59.5 Å². The molecular weight excluding hydrogens is 1050 g/mol. The topological polar surface area (TPSA) is 178 Å². The van der Waals surface area contributed by atoms with Crippen LogP contribution in [-0.2, 0) is 32.5 Å². The molecule has 2 aromatic carbocycles. The number of rotatable bonds is 13.